The number of hydrogen-bond donors (Lipinski definition) is 1. The van der Waals surface area contributed by atoms with Gasteiger partial charge in [-0.15, -0.1) is 0 Å². The Kier molecular flexibility index (Phi) is 5.16. The van der Waals surface area contributed by atoms with Crippen molar-refractivity contribution in [2.24, 2.45) is 10.9 Å². The number of amides is 1. The van der Waals surface area contributed by atoms with Gasteiger partial charge in [-0.05, 0) is 57.9 Å². The van der Waals surface area contributed by atoms with Crippen molar-refractivity contribution in [1.82, 2.24) is 15.1 Å². The lowest BCUT2D eigenvalue weighted by molar-refractivity contribution is -0.122. The van der Waals surface area contributed by atoms with Crippen LogP contribution in [0.2, 0.25) is 0 Å². The van der Waals surface area contributed by atoms with Gasteiger partial charge in [0.15, 0.2) is 5.78 Å². The zero-order chi connectivity index (χ0) is 18.0. The first-order valence-electron chi connectivity index (χ1n) is 9.02. The molecular weight excluding hydrogens is 316 g/mol. The number of hydrogen-bond acceptors (Lipinski definition) is 4. The molecule has 1 aliphatic carbocycles. The summed E-state index contributed by atoms with van der Waals surface area (Å²) in [6.07, 6.45) is 7.90. The average molecular weight is 342 g/mol. The molecule has 1 aliphatic heterocycles. The number of Topliss-reactive ketones (excluding diaryl/α,β-unsaturated/α-hetero) is 1. The number of allylic oxidation sites excluding steroid dienone is 1. The van der Waals surface area contributed by atoms with Gasteiger partial charge in [0.25, 0.3) is 5.91 Å². The zero-order valence-corrected chi connectivity index (χ0v) is 15.2. The van der Waals surface area contributed by atoms with Gasteiger partial charge in [-0.2, -0.15) is 5.10 Å². The maximum absolute atomic E-state index is 12.4. The molecule has 1 fully saturated rings. The Balaban J connectivity index is 1.51. The molecule has 1 aromatic rings. The van der Waals surface area contributed by atoms with Gasteiger partial charge in [-0.25, -0.2) is 0 Å². The number of aryl methyl sites for hydroxylation is 2. The summed E-state index contributed by atoms with van der Waals surface area (Å²) in [6, 6.07) is 0.142. The number of ketones is 1. The van der Waals surface area contributed by atoms with Gasteiger partial charge in [-0.3, -0.25) is 19.3 Å². The third-order valence-corrected chi connectivity index (χ3v) is 5.25. The van der Waals surface area contributed by atoms with E-state index in [2.05, 4.69) is 28.5 Å². The fraction of sp³-hybridized carbons (Fsp3) is 0.579. The van der Waals surface area contributed by atoms with E-state index >= 15 is 0 Å². The van der Waals surface area contributed by atoms with E-state index < -0.39 is 0 Å². The molecule has 6 nitrogen and oxygen atoms in total. The lowest BCUT2D eigenvalue weighted by Gasteiger charge is -2.29. The number of nitrogens with one attached hydrogen (secondary N) is 1. The lowest BCUT2D eigenvalue weighted by Crippen LogP contribution is -2.40. The van der Waals surface area contributed by atoms with Crippen LogP contribution in [0.5, 0.6) is 0 Å². The molecule has 1 aromatic heterocycles. The fourth-order valence-corrected chi connectivity index (χ4v) is 3.65. The SMILES string of the molecule is CC1=C(C(=O)NC2CCC(Cn3cc(C)c(C)n3)CC2)C(=O)CC=N1. The van der Waals surface area contributed by atoms with Gasteiger partial charge in [0, 0.05) is 31.4 Å². The summed E-state index contributed by atoms with van der Waals surface area (Å²) in [6.45, 7) is 6.77. The van der Waals surface area contributed by atoms with Crippen molar-refractivity contribution in [2.45, 2.75) is 65.5 Å². The Bertz CT molecular complexity index is 717. The smallest absolute Gasteiger partial charge is 0.256 e. The molecule has 0 bridgehead atoms. The Labute approximate surface area is 148 Å². The van der Waals surface area contributed by atoms with Crippen LogP contribution in [-0.2, 0) is 16.1 Å². The molecule has 0 aromatic carbocycles. The van der Waals surface area contributed by atoms with E-state index in [1.807, 2.05) is 11.6 Å². The molecule has 1 N–H and O–H groups in total. The molecule has 0 spiro atoms. The first-order chi connectivity index (χ1) is 11.9. The summed E-state index contributed by atoms with van der Waals surface area (Å²) in [5.41, 5.74) is 3.06. The average Bonchev–Trinajstić information content (AvgIpc) is 2.87. The second kappa shape index (κ2) is 7.33. The molecule has 6 heteroatoms. The number of nitrogens with zero attached hydrogens (tertiary/aromatic N) is 3. The third-order valence-electron chi connectivity index (χ3n) is 5.25. The minimum absolute atomic E-state index is 0.136. The van der Waals surface area contributed by atoms with E-state index in [0.29, 0.717) is 11.6 Å². The van der Waals surface area contributed by atoms with Crippen molar-refractivity contribution < 1.29 is 9.59 Å². The molecule has 1 amide bonds. The van der Waals surface area contributed by atoms with Crippen LogP contribution < -0.4 is 5.32 Å². The lowest BCUT2D eigenvalue weighted by atomic mass is 9.85. The molecule has 134 valence electrons. The number of rotatable bonds is 4. The first kappa shape index (κ1) is 17.6. The zero-order valence-electron chi connectivity index (χ0n) is 15.2. The summed E-state index contributed by atoms with van der Waals surface area (Å²) < 4.78 is 2.04. The van der Waals surface area contributed by atoms with Gasteiger partial charge in [0.05, 0.1) is 11.4 Å². The predicted octanol–water partition coefficient (Wildman–Crippen LogP) is 2.49. The van der Waals surface area contributed by atoms with E-state index in [4.69, 9.17) is 0 Å². The van der Waals surface area contributed by atoms with Crippen molar-refractivity contribution in [2.75, 3.05) is 0 Å². The highest BCUT2D eigenvalue weighted by Crippen LogP contribution is 2.26. The van der Waals surface area contributed by atoms with E-state index in [1.165, 1.54) is 5.56 Å². The Hall–Kier alpha value is -2.24. The summed E-state index contributed by atoms with van der Waals surface area (Å²) in [5, 5.41) is 7.57. The highest BCUT2D eigenvalue weighted by atomic mass is 16.2. The Morgan fingerprint density at radius 2 is 1.96 bits per heavy atom. The van der Waals surface area contributed by atoms with E-state index in [9.17, 15) is 9.59 Å². The van der Waals surface area contributed by atoms with E-state index in [1.54, 1.807) is 13.1 Å². The molecule has 25 heavy (non-hydrogen) atoms. The Morgan fingerprint density at radius 3 is 2.56 bits per heavy atom. The molecule has 0 unspecified atom stereocenters. The van der Waals surface area contributed by atoms with Crippen molar-refractivity contribution in [3.8, 4) is 0 Å². The molecule has 0 atom stereocenters. The molecule has 0 saturated heterocycles. The number of carbonyl (C=O) groups is 2. The van der Waals surface area contributed by atoms with Crippen LogP contribution in [0.1, 0.15) is 50.3 Å². The molecule has 2 aliphatic rings. The van der Waals surface area contributed by atoms with Crippen LogP contribution in [0, 0.1) is 19.8 Å². The van der Waals surface area contributed by atoms with Crippen LogP contribution in [0.25, 0.3) is 0 Å². The first-order valence-corrected chi connectivity index (χ1v) is 9.02. The summed E-state index contributed by atoms with van der Waals surface area (Å²) in [4.78, 5) is 28.5. The van der Waals surface area contributed by atoms with Gasteiger partial charge >= 0.3 is 0 Å². The quantitative estimate of drug-likeness (QED) is 0.854. The van der Waals surface area contributed by atoms with Crippen LogP contribution >= 0.6 is 0 Å². The van der Waals surface area contributed by atoms with Gasteiger partial charge in [0.2, 0.25) is 0 Å². The molecule has 0 radical (unpaired) electrons. The van der Waals surface area contributed by atoms with Crippen LogP contribution in [-0.4, -0.2) is 33.7 Å². The van der Waals surface area contributed by atoms with E-state index in [0.717, 1.165) is 37.9 Å². The van der Waals surface area contributed by atoms with Crippen molar-refractivity contribution in [3.05, 3.63) is 28.7 Å². The van der Waals surface area contributed by atoms with Crippen LogP contribution in [0.15, 0.2) is 22.5 Å². The second-order valence-electron chi connectivity index (χ2n) is 7.21. The standard InChI is InChI=1S/C19H26N4O2/c1-12-10-23(22-13(12)2)11-15-4-6-16(7-5-15)21-19(25)18-14(3)20-9-8-17(18)24/h9-10,15-16H,4-8,11H2,1-3H3,(H,21,25). The molecule has 3 rings (SSSR count). The van der Waals surface area contributed by atoms with Crippen LogP contribution in [0.3, 0.4) is 0 Å². The molecule has 2 heterocycles. The molecule has 1 saturated carbocycles. The summed E-state index contributed by atoms with van der Waals surface area (Å²) in [5.74, 6) is 0.193. The normalized spacial score (nSPS) is 23.9. The fourth-order valence-electron chi connectivity index (χ4n) is 3.65. The largest absolute Gasteiger partial charge is 0.349 e. The Morgan fingerprint density at radius 1 is 1.24 bits per heavy atom. The minimum atomic E-state index is -0.263. The van der Waals surface area contributed by atoms with Gasteiger partial charge < -0.3 is 5.32 Å². The second-order valence-corrected chi connectivity index (χ2v) is 7.21. The maximum atomic E-state index is 12.4. The van der Waals surface area contributed by atoms with Crippen LogP contribution in [0.4, 0.5) is 0 Å². The number of aliphatic imine (C=N–C) groups is 1. The van der Waals surface area contributed by atoms with Gasteiger partial charge in [-0.1, -0.05) is 0 Å². The number of carbonyl (C=O) groups excluding carboxylic acids is 2. The van der Waals surface area contributed by atoms with Crippen molar-refractivity contribution in [3.63, 3.8) is 0 Å². The highest BCUT2D eigenvalue weighted by molar-refractivity contribution is 6.23. The van der Waals surface area contributed by atoms with Gasteiger partial charge in [0.1, 0.15) is 5.57 Å². The monoisotopic (exact) mass is 342 g/mol. The van der Waals surface area contributed by atoms with Crippen molar-refractivity contribution >= 4 is 17.9 Å². The predicted molar refractivity (Wildman–Crippen MR) is 96.4 cm³/mol. The number of aromatic nitrogens is 2. The molecular formula is C19H26N4O2. The highest BCUT2D eigenvalue weighted by Gasteiger charge is 2.27. The topological polar surface area (TPSA) is 76.3 Å². The minimum Gasteiger partial charge on any atom is -0.349 e. The summed E-state index contributed by atoms with van der Waals surface area (Å²) >= 11 is 0. The third kappa shape index (κ3) is 4.06. The maximum Gasteiger partial charge on any atom is 0.256 e. The van der Waals surface area contributed by atoms with Crippen molar-refractivity contribution in [1.29, 1.82) is 0 Å². The summed E-state index contributed by atoms with van der Waals surface area (Å²) in [7, 11) is 0. The van der Waals surface area contributed by atoms with E-state index in [-0.39, 0.29) is 29.7 Å².